The van der Waals surface area contributed by atoms with Gasteiger partial charge in [0.2, 0.25) is 0 Å². The number of benzene rings is 2. The second kappa shape index (κ2) is 7.81. The Morgan fingerprint density at radius 2 is 1.85 bits per heavy atom. The minimum atomic E-state index is -0.718. The number of hydrogen-bond donors (Lipinski definition) is 1. The molecule has 4 heteroatoms. The second-order valence-electron chi connectivity index (χ2n) is 7.16. The van der Waals surface area contributed by atoms with Gasteiger partial charge in [0.1, 0.15) is 11.5 Å². The third-order valence-corrected chi connectivity index (χ3v) is 4.64. The maximum atomic E-state index is 10.9. The van der Waals surface area contributed by atoms with Gasteiger partial charge < -0.3 is 14.6 Å². The van der Waals surface area contributed by atoms with Crippen molar-refractivity contribution in [3.63, 3.8) is 0 Å². The molecule has 0 radical (unpaired) electrons. The highest BCUT2D eigenvalue weighted by Gasteiger charge is 2.43. The van der Waals surface area contributed by atoms with E-state index in [0.29, 0.717) is 6.61 Å². The highest BCUT2D eigenvalue weighted by Crippen LogP contribution is 2.39. The molecule has 1 saturated carbocycles. The molecular formula is C22H26O4. The number of hydrogen-bond acceptors (Lipinski definition) is 3. The number of carboxylic acids is 1. The van der Waals surface area contributed by atoms with Gasteiger partial charge in [-0.15, -0.1) is 0 Å². The van der Waals surface area contributed by atoms with Gasteiger partial charge in [-0.3, -0.25) is 4.79 Å². The zero-order chi connectivity index (χ0) is 18.7. The van der Waals surface area contributed by atoms with Crippen LogP contribution in [-0.4, -0.2) is 23.8 Å². The zero-order valence-electron chi connectivity index (χ0n) is 15.6. The first-order valence-corrected chi connectivity index (χ1v) is 9.23. The fraction of sp³-hybridized carbons (Fsp3) is 0.409. The summed E-state index contributed by atoms with van der Waals surface area (Å²) in [4.78, 5) is 10.9. The van der Waals surface area contributed by atoms with Gasteiger partial charge in [0, 0.05) is 5.92 Å². The van der Waals surface area contributed by atoms with E-state index in [2.05, 4.69) is 25.1 Å². The molecule has 1 fully saturated rings. The Balaban J connectivity index is 1.69. The van der Waals surface area contributed by atoms with Crippen molar-refractivity contribution in [1.82, 2.24) is 0 Å². The summed E-state index contributed by atoms with van der Waals surface area (Å²) in [5, 5.41) is 8.94. The Morgan fingerprint density at radius 3 is 2.42 bits per heavy atom. The number of aliphatic carboxylic acids is 1. The van der Waals surface area contributed by atoms with Gasteiger partial charge >= 0.3 is 5.97 Å². The van der Waals surface area contributed by atoms with Crippen molar-refractivity contribution in [3.05, 3.63) is 48.0 Å². The molecule has 0 saturated heterocycles. The lowest BCUT2D eigenvalue weighted by Gasteiger charge is -2.13. The van der Waals surface area contributed by atoms with Crippen LogP contribution in [0, 0.1) is 11.8 Å². The molecule has 0 bridgehead atoms. The normalized spacial score (nSPS) is 18.6. The first-order valence-electron chi connectivity index (χ1n) is 9.23. The van der Waals surface area contributed by atoms with Crippen LogP contribution in [-0.2, 0) is 11.2 Å². The summed E-state index contributed by atoms with van der Waals surface area (Å²) in [6, 6.07) is 14.3. The van der Waals surface area contributed by atoms with Gasteiger partial charge in [0.05, 0.1) is 18.6 Å². The molecule has 26 heavy (non-hydrogen) atoms. The van der Waals surface area contributed by atoms with Crippen LogP contribution in [0.5, 0.6) is 11.5 Å². The predicted octanol–water partition coefficient (Wildman–Crippen LogP) is 4.80. The van der Waals surface area contributed by atoms with Crippen LogP contribution < -0.4 is 9.47 Å². The van der Waals surface area contributed by atoms with Crippen molar-refractivity contribution >= 4 is 5.97 Å². The third kappa shape index (κ3) is 4.57. The van der Waals surface area contributed by atoms with Gasteiger partial charge in [-0.05, 0) is 67.6 Å². The lowest BCUT2D eigenvalue weighted by Crippen LogP contribution is -2.06. The fourth-order valence-electron chi connectivity index (χ4n) is 3.05. The van der Waals surface area contributed by atoms with Crippen molar-refractivity contribution in [2.24, 2.45) is 11.8 Å². The molecule has 3 rings (SSSR count). The van der Waals surface area contributed by atoms with E-state index in [1.54, 1.807) is 0 Å². The number of rotatable bonds is 8. The summed E-state index contributed by atoms with van der Waals surface area (Å²) >= 11 is 0. The summed E-state index contributed by atoms with van der Waals surface area (Å²) in [5.74, 6) is 0.858. The van der Waals surface area contributed by atoms with Crippen LogP contribution in [0.1, 0.15) is 32.8 Å². The molecule has 0 aliphatic heterocycles. The Bertz CT molecular complexity index is 764. The topological polar surface area (TPSA) is 55.8 Å². The summed E-state index contributed by atoms with van der Waals surface area (Å²) in [6.45, 7) is 6.66. The van der Waals surface area contributed by atoms with Gasteiger partial charge in [0.25, 0.3) is 0 Å². The molecule has 2 unspecified atom stereocenters. The maximum absolute atomic E-state index is 10.9. The molecule has 2 atom stereocenters. The molecule has 0 heterocycles. The quantitative estimate of drug-likeness (QED) is 0.739. The molecule has 4 nitrogen and oxygen atoms in total. The van der Waals surface area contributed by atoms with Crippen LogP contribution in [0.4, 0.5) is 0 Å². The Morgan fingerprint density at radius 1 is 1.12 bits per heavy atom. The SMILES string of the molecule is CCc1cc(OC(C)C)cc(-c2ccc(OCC3CC3C(=O)O)cc2)c1. The minimum Gasteiger partial charge on any atom is -0.493 e. The summed E-state index contributed by atoms with van der Waals surface area (Å²) < 4.78 is 11.6. The van der Waals surface area contributed by atoms with E-state index in [-0.39, 0.29) is 17.9 Å². The van der Waals surface area contributed by atoms with Crippen molar-refractivity contribution in [2.75, 3.05) is 6.61 Å². The highest BCUT2D eigenvalue weighted by molar-refractivity contribution is 5.73. The molecule has 1 aliphatic carbocycles. The van der Waals surface area contributed by atoms with Crippen LogP contribution in [0.15, 0.2) is 42.5 Å². The molecule has 0 spiro atoms. The zero-order valence-corrected chi connectivity index (χ0v) is 15.6. The van der Waals surface area contributed by atoms with Gasteiger partial charge in [0.15, 0.2) is 0 Å². The van der Waals surface area contributed by atoms with Crippen molar-refractivity contribution in [1.29, 1.82) is 0 Å². The summed E-state index contributed by atoms with van der Waals surface area (Å²) in [6.07, 6.45) is 1.81. The number of carbonyl (C=O) groups is 1. The molecule has 1 N–H and O–H groups in total. The van der Waals surface area contributed by atoms with E-state index >= 15 is 0 Å². The maximum Gasteiger partial charge on any atom is 0.306 e. The molecule has 138 valence electrons. The fourth-order valence-corrected chi connectivity index (χ4v) is 3.05. The van der Waals surface area contributed by atoms with E-state index in [1.807, 2.05) is 38.1 Å². The Hall–Kier alpha value is -2.49. The smallest absolute Gasteiger partial charge is 0.306 e. The Kier molecular flexibility index (Phi) is 5.50. The average molecular weight is 354 g/mol. The van der Waals surface area contributed by atoms with Crippen LogP contribution in [0.2, 0.25) is 0 Å². The predicted molar refractivity (Wildman–Crippen MR) is 102 cm³/mol. The largest absolute Gasteiger partial charge is 0.493 e. The summed E-state index contributed by atoms with van der Waals surface area (Å²) in [5.41, 5.74) is 3.47. The van der Waals surface area contributed by atoms with Gasteiger partial charge in [-0.1, -0.05) is 25.1 Å². The van der Waals surface area contributed by atoms with E-state index in [4.69, 9.17) is 14.6 Å². The highest BCUT2D eigenvalue weighted by atomic mass is 16.5. The number of carboxylic acid groups (broad SMARTS) is 1. The van der Waals surface area contributed by atoms with Crippen LogP contribution in [0.25, 0.3) is 11.1 Å². The van der Waals surface area contributed by atoms with E-state index in [9.17, 15) is 4.79 Å². The van der Waals surface area contributed by atoms with Gasteiger partial charge in [-0.2, -0.15) is 0 Å². The third-order valence-electron chi connectivity index (χ3n) is 4.64. The van der Waals surface area contributed by atoms with Crippen molar-refractivity contribution in [3.8, 4) is 22.6 Å². The molecule has 1 aliphatic rings. The van der Waals surface area contributed by atoms with Crippen LogP contribution in [0.3, 0.4) is 0 Å². The molecule has 0 aromatic heterocycles. The molecule has 0 amide bonds. The van der Waals surface area contributed by atoms with E-state index in [1.165, 1.54) is 5.56 Å². The monoisotopic (exact) mass is 354 g/mol. The van der Waals surface area contributed by atoms with Gasteiger partial charge in [-0.25, -0.2) is 0 Å². The van der Waals surface area contributed by atoms with Crippen molar-refractivity contribution < 1.29 is 19.4 Å². The molecule has 2 aromatic rings. The standard InChI is InChI=1S/C22H26O4/c1-4-15-9-17(11-20(10-15)26-14(2)3)16-5-7-19(8-6-16)25-13-18-12-21(18)22(23)24/h5-11,14,18,21H,4,12-13H2,1-3H3,(H,23,24). The van der Waals surface area contributed by atoms with Crippen LogP contribution >= 0.6 is 0 Å². The van der Waals surface area contributed by atoms with Crippen molar-refractivity contribution in [2.45, 2.75) is 39.7 Å². The van der Waals surface area contributed by atoms with E-state index in [0.717, 1.165) is 35.5 Å². The first-order chi connectivity index (χ1) is 12.5. The number of aryl methyl sites for hydroxylation is 1. The lowest BCUT2D eigenvalue weighted by molar-refractivity contribution is -0.138. The lowest BCUT2D eigenvalue weighted by atomic mass is 10.0. The summed E-state index contributed by atoms with van der Waals surface area (Å²) in [7, 11) is 0. The average Bonchev–Trinajstić information content (AvgIpc) is 3.39. The first kappa shape index (κ1) is 18.3. The molecular weight excluding hydrogens is 328 g/mol. The number of ether oxygens (including phenoxy) is 2. The molecule has 2 aromatic carbocycles. The van der Waals surface area contributed by atoms with E-state index < -0.39 is 5.97 Å². The minimum absolute atomic E-state index is 0.141. The Labute approximate surface area is 154 Å². The second-order valence-corrected chi connectivity index (χ2v) is 7.16.